The average Bonchev–Trinajstić information content (AvgIpc) is 3.15. The number of carbonyl (C=O) groups excluding carboxylic acids is 1. The largest absolute Gasteiger partial charge is 0.493 e. The zero-order chi connectivity index (χ0) is 19.4. The van der Waals surface area contributed by atoms with E-state index in [1.54, 1.807) is 12.1 Å². The zero-order valence-corrected chi connectivity index (χ0v) is 17.6. The summed E-state index contributed by atoms with van der Waals surface area (Å²) in [7, 11) is 3.05. The first kappa shape index (κ1) is 22.3. The van der Waals surface area contributed by atoms with Gasteiger partial charge in [0, 0.05) is 44.1 Å². The fourth-order valence-corrected chi connectivity index (χ4v) is 3.38. The molecule has 0 bridgehead atoms. The Bertz CT molecular complexity index is 815. The van der Waals surface area contributed by atoms with Gasteiger partial charge in [-0.25, -0.2) is 0 Å². The van der Waals surface area contributed by atoms with Crippen LogP contribution in [0.1, 0.15) is 19.2 Å². The van der Waals surface area contributed by atoms with Gasteiger partial charge in [0.15, 0.2) is 11.5 Å². The van der Waals surface area contributed by atoms with Crippen LogP contribution in [0.3, 0.4) is 0 Å². The molecule has 1 N–H and O–H groups in total. The summed E-state index contributed by atoms with van der Waals surface area (Å²) in [6.07, 6.45) is 0.724. The maximum atomic E-state index is 12.4. The Balaban J connectivity index is 0.00000280. The molecule has 1 aromatic carbocycles. The first-order valence-electron chi connectivity index (χ1n) is 8.78. The third kappa shape index (κ3) is 4.87. The Morgan fingerprint density at radius 2 is 2.18 bits per heavy atom. The van der Waals surface area contributed by atoms with Crippen LogP contribution >= 0.6 is 24.0 Å². The summed E-state index contributed by atoms with van der Waals surface area (Å²) in [6, 6.07) is 3.61. The third-order valence-corrected chi connectivity index (χ3v) is 4.81. The van der Waals surface area contributed by atoms with Gasteiger partial charge in [0.25, 0.3) is 0 Å². The Labute approximate surface area is 174 Å². The molecule has 0 unspecified atom stereocenters. The highest BCUT2D eigenvalue weighted by atomic mass is 35.5. The van der Waals surface area contributed by atoms with Crippen LogP contribution in [-0.2, 0) is 11.2 Å². The Kier molecular flexibility index (Phi) is 7.91. The van der Waals surface area contributed by atoms with Gasteiger partial charge in [-0.15, -0.1) is 12.4 Å². The van der Waals surface area contributed by atoms with Crippen molar-refractivity contribution in [1.29, 1.82) is 0 Å². The first-order valence-corrected chi connectivity index (χ1v) is 9.16. The minimum atomic E-state index is 0. The number of carbonyl (C=O) groups is 1. The van der Waals surface area contributed by atoms with Crippen LogP contribution in [0.4, 0.5) is 0 Å². The van der Waals surface area contributed by atoms with Crippen LogP contribution < -0.4 is 14.8 Å². The maximum Gasteiger partial charge on any atom is 0.227 e. The van der Waals surface area contributed by atoms with Crippen LogP contribution in [0.15, 0.2) is 16.7 Å². The van der Waals surface area contributed by atoms with Crippen molar-refractivity contribution in [1.82, 2.24) is 20.4 Å². The highest BCUT2D eigenvalue weighted by molar-refractivity contribution is 6.32. The number of rotatable bonds is 6. The van der Waals surface area contributed by atoms with E-state index in [0.29, 0.717) is 46.6 Å². The summed E-state index contributed by atoms with van der Waals surface area (Å²) in [4.78, 5) is 18.7. The van der Waals surface area contributed by atoms with Gasteiger partial charge in [-0.05, 0) is 19.1 Å². The van der Waals surface area contributed by atoms with Gasteiger partial charge < -0.3 is 24.2 Å². The number of ether oxygens (including phenoxy) is 2. The summed E-state index contributed by atoms with van der Waals surface area (Å²) in [5.74, 6) is 1.82. The zero-order valence-electron chi connectivity index (χ0n) is 16.0. The number of aromatic nitrogens is 2. The quantitative estimate of drug-likeness (QED) is 0.752. The van der Waals surface area contributed by atoms with Crippen LogP contribution in [0, 0.1) is 0 Å². The van der Waals surface area contributed by atoms with E-state index in [0.717, 1.165) is 19.6 Å². The molecule has 3 rings (SSSR count). The number of halogens is 2. The summed E-state index contributed by atoms with van der Waals surface area (Å²) in [5, 5.41) is 7.65. The normalized spacial score (nSPS) is 16.4. The van der Waals surface area contributed by atoms with E-state index < -0.39 is 0 Å². The minimum Gasteiger partial charge on any atom is -0.493 e. The average molecular weight is 431 g/mol. The number of nitrogens with zero attached hydrogens (tertiary/aromatic N) is 3. The molecule has 0 radical (unpaired) electrons. The molecule has 1 fully saturated rings. The van der Waals surface area contributed by atoms with Crippen LogP contribution in [0.5, 0.6) is 11.5 Å². The van der Waals surface area contributed by atoms with E-state index >= 15 is 0 Å². The van der Waals surface area contributed by atoms with E-state index in [1.165, 1.54) is 14.2 Å². The molecule has 2 heterocycles. The molecule has 0 saturated carbocycles. The maximum absolute atomic E-state index is 12.4. The number of benzene rings is 1. The van der Waals surface area contributed by atoms with Crippen molar-refractivity contribution in [3.8, 4) is 22.9 Å². The van der Waals surface area contributed by atoms with E-state index in [-0.39, 0.29) is 24.4 Å². The highest BCUT2D eigenvalue weighted by Crippen LogP contribution is 2.38. The number of hydrogen-bond acceptors (Lipinski definition) is 7. The minimum absolute atomic E-state index is 0. The van der Waals surface area contributed by atoms with E-state index in [1.807, 2.05) is 11.8 Å². The van der Waals surface area contributed by atoms with Gasteiger partial charge in [-0.2, -0.15) is 4.98 Å². The lowest BCUT2D eigenvalue weighted by molar-refractivity contribution is -0.134. The molecule has 8 nitrogen and oxygen atoms in total. The highest BCUT2D eigenvalue weighted by Gasteiger charge is 2.23. The Morgan fingerprint density at radius 1 is 1.39 bits per heavy atom. The number of hydrogen-bond donors (Lipinski definition) is 1. The summed E-state index contributed by atoms with van der Waals surface area (Å²) < 4.78 is 15.8. The molecule has 1 aromatic heterocycles. The van der Waals surface area contributed by atoms with Crippen molar-refractivity contribution >= 4 is 29.9 Å². The summed E-state index contributed by atoms with van der Waals surface area (Å²) in [5.41, 5.74) is 0.648. The Morgan fingerprint density at radius 3 is 2.86 bits per heavy atom. The molecule has 1 amide bonds. The summed E-state index contributed by atoms with van der Waals surface area (Å²) in [6.45, 7) is 4.40. The second kappa shape index (κ2) is 9.95. The van der Waals surface area contributed by atoms with Gasteiger partial charge in [0.05, 0.1) is 19.2 Å². The lowest BCUT2D eigenvalue weighted by atomic mass is 10.1. The van der Waals surface area contributed by atoms with Gasteiger partial charge in [0.1, 0.15) is 0 Å². The van der Waals surface area contributed by atoms with Crippen LogP contribution in [-0.4, -0.2) is 60.8 Å². The van der Waals surface area contributed by atoms with E-state index in [9.17, 15) is 4.79 Å². The summed E-state index contributed by atoms with van der Waals surface area (Å²) >= 11 is 6.23. The molecular formula is C18H24Cl2N4O4. The number of methoxy groups -OCH3 is 2. The number of aryl methyl sites for hydroxylation is 1. The van der Waals surface area contributed by atoms with Gasteiger partial charge in [-0.3, -0.25) is 4.79 Å². The van der Waals surface area contributed by atoms with Crippen molar-refractivity contribution < 1.29 is 18.8 Å². The predicted molar refractivity (Wildman–Crippen MR) is 107 cm³/mol. The molecule has 28 heavy (non-hydrogen) atoms. The smallest absolute Gasteiger partial charge is 0.227 e. The first-order chi connectivity index (χ1) is 13.0. The molecule has 2 aromatic rings. The molecule has 1 atom stereocenters. The van der Waals surface area contributed by atoms with Crippen molar-refractivity contribution in [2.24, 2.45) is 0 Å². The van der Waals surface area contributed by atoms with Crippen molar-refractivity contribution in [3.63, 3.8) is 0 Å². The van der Waals surface area contributed by atoms with Gasteiger partial charge >= 0.3 is 0 Å². The fourth-order valence-electron chi connectivity index (χ4n) is 3.09. The lowest BCUT2D eigenvalue weighted by Crippen LogP contribution is -2.52. The Hall–Kier alpha value is -2.03. The molecule has 10 heteroatoms. The molecule has 0 spiro atoms. The van der Waals surface area contributed by atoms with Gasteiger partial charge in [0.2, 0.25) is 17.6 Å². The topological polar surface area (TPSA) is 89.7 Å². The fraction of sp³-hybridized carbons (Fsp3) is 0.500. The molecular weight excluding hydrogens is 407 g/mol. The lowest BCUT2D eigenvalue weighted by Gasteiger charge is -2.34. The second-order valence-corrected chi connectivity index (χ2v) is 6.75. The third-order valence-electron chi connectivity index (χ3n) is 4.53. The molecule has 0 aliphatic carbocycles. The molecule has 1 aliphatic heterocycles. The van der Waals surface area contributed by atoms with Gasteiger partial charge in [-0.1, -0.05) is 16.8 Å². The molecule has 154 valence electrons. The SMILES string of the molecule is COc1cc(-c2noc(CCC(=O)N3CCNC[C@@H]3C)n2)cc(Cl)c1OC.Cl. The standard InChI is InChI=1S/C18H23ClN4O4.ClH/c1-11-10-20-6-7-23(11)16(24)5-4-15-21-18(22-27-15)12-8-13(19)17(26-3)14(9-12)25-2;/h8-9,11,20H,4-7,10H2,1-3H3;1H/t11-;/m0./s1. The molecule has 1 saturated heterocycles. The van der Waals surface area contributed by atoms with Crippen LogP contribution in [0.2, 0.25) is 5.02 Å². The monoisotopic (exact) mass is 430 g/mol. The van der Waals surface area contributed by atoms with Crippen LogP contribution in [0.25, 0.3) is 11.4 Å². The van der Waals surface area contributed by atoms with Crippen molar-refractivity contribution in [2.45, 2.75) is 25.8 Å². The number of amides is 1. The van der Waals surface area contributed by atoms with Crippen molar-refractivity contribution in [2.75, 3.05) is 33.9 Å². The molecule has 1 aliphatic rings. The predicted octanol–water partition coefficient (Wildman–Crippen LogP) is 2.58. The van der Waals surface area contributed by atoms with Crippen molar-refractivity contribution in [3.05, 3.63) is 23.0 Å². The van der Waals surface area contributed by atoms with E-state index in [4.69, 9.17) is 25.6 Å². The second-order valence-electron chi connectivity index (χ2n) is 6.35. The number of piperazine rings is 1. The number of nitrogens with one attached hydrogen (secondary N) is 1. The van der Waals surface area contributed by atoms with E-state index in [2.05, 4.69) is 15.5 Å².